The summed E-state index contributed by atoms with van der Waals surface area (Å²) in [6.07, 6.45) is 4.36. The Morgan fingerprint density at radius 1 is 1.45 bits per heavy atom. The van der Waals surface area contributed by atoms with Gasteiger partial charge < -0.3 is 10.6 Å². The predicted molar refractivity (Wildman–Crippen MR) is 76.5 cm³/mol. The third-order valence-corrected chi connectivity index (χ3v) is 3.84. The van der Waals surface area contributed by atoms with Gasteiger partial charge in [0, 0.05) is 24.2 Å². The van der Waals surface area contributed by atoms with Crippen molar-refractivity contribution in [3.8, 4) is 0 Å². The number of hydrogen-bond donors (Lipinski definition) is 1. The van der Waals surface area contributed by atoms with E-state index in [4.69, 9.17) is 5.73 Å². The van der Waals surface area contributed by atoms with Crippen LogP contribution in [0.25, 0.3) is 0 Å². The molecule has 0 bridgehead atoms. The molecule has 1 aromatic carbocycles. The molecule has 20 heavy (non-hydrogen) atoms. The first kappa shape index (κ1) is 14.3. The molecule has 2 rings (SSSR count). The Balaban J connectivity index is 2.23. The van der Waals surface area contributed by atoms with E-state index >= 15 is 0 Å². The molecule has 0 heterocycles. The molecule has 1 amide bonds. The molecule has 1 aromatic rings. The molecule has 1 saturated carbocycles. The molecule has 0 radical (unpaired) electrons. The molecule has 6 nitrogen and oxygen atoms in total. The lowest BCUT2D eigenvalue weighted by Crippen LogP contribution is -2.38. The summed E-state index contributed by atoms with van der Waals surface area (Å²) in [5.74, 6) is -0.0963. The minimum atomic E-state index is -0.544. The van der Waals surface area contributed by atoms with Crippen LogP contribution in [0.2, 0.25) is 0 Å². The summed E-state index contributed by atoms with van der Waals surface area (Å²) in [7, 11) is 0. The van der Waals surface area contributed by atoms with Gasteiger partial charge in [0.1, 0.15) is 5.69 Å². The lowest BCUT2D eigenvalue weighted by atomic mass is 10.1. The zero-order valence-electron chi connectivity index (χ0n) is 11.5. The van der Waals surface area contributed by atoms with E-state index in [1.807, 2.05) is 11.8 Å². The molecule has 0 aromatic heterocycles. The SMILES string of the molecule is CCN(C(=O)c1ccc([N+](=O)[O-])c(N)c1)C1CCCC1. The van der Waals surface area contributed by atoms with Crippen molar-refractivity contribution < 1.29 is 9.72 Å². The Hall–Kier alpha value is -2.11. The van der Waals surface area contributed by atoms with Gasteiger partial charge in [-0.05, 0) is 31.9 Å². The summed E-state index contributed by atoms with van der Waals surface area (Å²) in [5, 5.41) is 10.7. The summed E-state index contributed by atoms with van der Waals surface area (Å²) in [4.78, 5) is 24.5. The number of carbonyl (C=O) groups is 1. The molecule has 1 aliphatic carbocycles. The molecule has 108 valence electrons. The summed E-state index contributed by atoms with van der Waals surface area (Å²) < 4.78 is 0. The van der Waals surface area contributed by atoms with Crippen LogP contribution < -0.4 is 5.73 Å². The number of nitrogens with two attached hydrogens (primary N) is 1. The molecule has 0 aliphatic heterocycles. The molecular weight excluding hydrogens is 258 g/mol. The molecule has 0 atom stereocenters. The summed E-state index contributed by atoms with van der Waals surface area (Å²) >= 11 is 0. The first-order valence-electron chi connectivity index (χ1n) is 6.89. The number of amides is 1. The van der Waals surface area contributed by atoms with E-state index < -0.39 is 4.92 Å². The highest BCUT2D eigenvalue weighted by molar-refractivity contribution is 5.96. The van der Waals surface area contributed by atoms with Gasteiger partial charge in [-0.2, -0.15) is 0 Å². The van der Waals surface area contributed by atoms with Gasteiger partial charge in [0.2, 0.25) is 0 Å². The van der Waals surface area contributed by atoms with Crippen LogP contribution in [0.15, 0.2) is 18.2 Å². The van der Waals surface area contributed by atoms with Crippen LogP contribution in [0.5, 0.6) is 0 Å². The lowest BCUT2D eigenvalue weighted by Gasteiger charge is -2.27. The summed E-state index contributed by atoms with van der Waals surface area (Å²) in [6, 6.07) is 4.46. The van der Waals surface area contributed by atoms with Crippen LogP contribution in [0.3, 0.4) is 0 Å². The Kier molecular flexibility index (Phi) is 4.22. The number of hydrogen-bond acceptors (Lipinski definition) is 4. The van der Waals surface area contributed by atoms with E-state index in [0.717, 1.165) is 25.7 Å². The van der Waals surface area contributed by atoms with Gasteiger partial charge in [0.25, 0.3) is 11.6 Å². The Morgan fingerprint density at radius 2 is 2.10 bits per heavy atom. The number of benzene rings is 1. The van der Waals surface area contributed by atoms with E-state index in [9.17, 15) is 14.9 Å². The Morgan fingerprint density at radius 3 is 2.60 bits per heavy atom. The van der Waals surface area contributed by atoms with Crippen molar-refractivity contribution >= 4 is 17.3 Å². The molecule has 1 aliphatic rings. The fourth-order valence-electron chi connectivity index (χ4n) is 2.80. The highest BCUT2D eigenvalue weighted by atomic mass is 16.6. The van der Waals surface area contributed by atoms with E-state index in [1.54, 1.807) is 0 Å². The molecule has 2 N–H and O–H groups in total. The highest BCUT2D eigenvalue weighted by Crippen LogP contribution is 2.27. The number of nitro groups is 1. The summed E-state index contributed by atoms with van der Waals surface area (Å²) in [5.41, 5.74) is 5.93. The van der Waals surface area contributed by atoms with E-state index in [-0.39, 0.29) is 23.3 Å². The lowest BCUT2D eigenvalue weighted by molar-refractivity contribution is -0.383. The minimum absolute atomic E-state index is 0.0309. The Bertz CT molecular complexity index is 524. The maximum atomic E-state index is 12.5. The molecule has 1 fully saturated rings. The van der Waals surface area contributed by atoms with E-state index in [1.165, 1.54) is 18.2 Å². The van der Waals surface area contributed by atoms with Crippen LogP contribution in [-0.2, 0) is 0 Å². The third-order valence-electron chi connectivity index (χ3n) is 3.84. The highest BCUT2D eigenvalue weighted by Gasteiger charge is 2.26. The van der Waals surface area contributed by atoms with E-state index in [0.29, 0.717) is 12.1 Å². The van der Waals surface area contributed by atoms with Crippen LogP contribution in [0.4, 0.5) is 11.4 Å². The van der Waals surface area contributed by atoms with Crippen LogP contribution in [0.1, 0.15) is 43.0 Å². The minimum Gasteiger partial charge on any atom is -0.393 e. The van der Waals surface area contributed by atoms with Gasteiger partial charge in [0.05, 0.1) is 4.92 Å². The predicted octanol–water partition coefficient (Wildman–Crippen LogP) is 2.58. The maximum Gasteiger partial charge on any atom is 0.292 e. The van der Waals surface area contributed by atoms with Gasteiger partial charge in [-0.25, -0.2) is 0 Å². The van der Waals surface area contributed by atoms with Gasteiger partial charge in [-0.15, -0.1) is 0 Å². The fourth-order valence-corrected chi connectivity index (χ4v) is 2.80. The molecule has 0 saturated heterocycles. The quantitative estimate of drug-likeness (QED) is 0.520. The topological polar surface area (TPSA) is 89.5 Å². The normalized spacial score (nSPS) is 15.2. The van der Waals surface area contributed by atoms with Crippen molar-refractivity contribution in [1.82, 2.24) is 4.90 Å². The average Bonchev–Trinajstić information content (AvgIpc) is 2.92. The van der Waals surface area contributed by atoms with Crippen molar-refractivity contribution in [3.05, 3.63) is 33.9 Å². The molecule has 0 unspecified atom stereocenters. The number of anilines is 1. The largest absolute Gasteiger partial charge is 0.393 e. The Labute approximate surface area is 117 Å². The second-order valence-electron chi connectivity index (χ2n) is 5.06. The number of rotatable bonds is 4. The second-order valence-corrected chi connectivity index (χ2v) is 5.06. The van der Waals surface area contributed by atoms with Gasteiger partial charge in [-0.1, -0.05) is 12.8 Å². The number of carbonyl (C=O) groups excluding carboxylic acids is 1. The first-order valence-corrected chi connectivity index (χ1v) is 6.89. The third kappa shape index (κ3) is 2.74. The van der Waals surface area contributed by atoms with Crippen molar-refractivity contribution in [2.75, 3.05) is 12.3 Å². The zero-order chi connectivity index (χ0) is 14.7. The number of nitro benzene ring substituents is 1. The van der Waals surface area contributed by atoms with Crippen molar-refractivity contribution in [2.45, 2.75) is 38.6 Å². The molecular formula is C14H19N3O3. The van der Waals surface area contributed by atoms with E-state index in [2.05, 4.69) is 0 Å². The zero-order valence-corrected chi connectivity index (χ0v) is 11.5. The van der Waals surface area contributed by atoms with Crippen molar-refractivity contribution in [3.63, 3.8) is 0 Å². The maximum absolute atomic E-state index is 12.5. The molecule has 0 spiro atoms. The summed E-state index contributed by atoms with van der Waals surface area (Å²) in [6.45, 7) is 2.59. The van der Waals surface area contributed by atoms with Gasteiger partial charge in [0.15, 0.2) is 0 Å². The van der Waals surface area contributed by atoms with Gasteiger partial charge in [-0.3, -0.25) is 14.9 Å². The fraction of sp³-hybridized carbons (Fsp3) is 0.500. The van der Waals surface area contributed by atoms with Crippen molar-refractivity contribution in [1.29, 1.82) is 0 Å². The second kappa shape index (κ2) is 5.90. The standard InChI is InChI=1S/C14H19N3O3/c1-2-16(11-5-3-4-6-11)14(18)10-7-8-13(17(19)20)12(15)9-10/h7-9,11H,2-6,15H2,1H3. The van der Waals surface area contributed by atoms with Crippen LogP contribution in [-0.4, -0.2) is 28.3 Å². The van der Waals surface area contributed by atoms with Crippen molar-refractivity contribution in [2.24, 2.45) is 0 Å². The first-order chi connectivity index (χ1) is 9.54. The monoisotopic (exact) mass is 277 g/mol. The average molecular weight is 277 g/mol. The van der Waals surface area contributed by atoms with Crippen LogP contribution >= 0.6 is 0 Å². The van der Waals surface area contributed by atoms with Gasteiger partial charge >= 0.3 is 0 Å². The number of nitrogens with zero attached hydrogens (tertiary/aromatic N) is 2. The smallest absolute Gasteiger partial charge is 0.292 e. The van der Waals surface area contributed by atoms with Crippen LogP contribution in [0, 0.1) is 10.1 Å². The number of nitrogen functional groups attached to an aromatic ring is 1. The molecule has 6 heteroatoms.